The number of aromatic nitrogens is 1. The molecule has 78 valence electrons. The maximum Gasteiger partial charge on any atom is 0.217 e. The molecule has 1 rings (SSSR count). The number of hydrogen-bond acceptors (Lipinski definition) is 3. The number of ketones is 2. The molecule has 0 aliphatic carbocycles. The predicted octanol–water partition coefficient (Wildman–Crippen LogP) is 1.94. The number of Topliss-reactive ketones (excluding diaryl/α,β-unsaturated/α-hetero) is 2. The van der Waals surface area contributed by atoms with Gasteiger partial charge in [-0.05, 0) is 26.0 Å². The Morgan fingerprint density at radius 2 is 2.13 bits per heavy atom. The van der Waals surface area contributed by atoms with Gasteiger partial charge in [-0.1, -0.05) is 6.08 Å². The summed E-state index contributed by atoms with van der Waals surface area (Å²) < 4.78 is 13.2. The molecule has 1 aromatic heterocycles. The second-order valence-electron chi connectivity index (χ2n) is 2.92. The van der Waals surface area contributed by atoms with Gasteiger partial charge in [-0.2, -0.15) is 0 Å². The molecule has 0 spiro atoms. The standard InChI is InChI=1S/C11H10FNO2/c1-3-8(7(2)14)11(15)10-9(12)5-4-6-13-10/h3-6H,1-2H3/b8-3+. The van der Waals surface area contributed by atoms with Crippen LogP contribution in [0.1, 0.15) is 24.3 Å². The number of hydrogen-bond donors (Lipinski definition) is 0. The molecule has 0 aliphatic rings. The number of carbonyl (C=O) groups is 2. The molecule has 0 aromatic carbocycles. The molecule has 0 fully saturated rings. The van der Waals surface area contributed by atoms with Gasteiger partial charge in [0.1, 0.15) is 5.69 Å². The molecular weight excluding hydrogens is 197 g/mol. The summed E-state index contributed by atoms with van der Waals surface area (Å²) in [6.45, 7) is 2.81. The average Bonchev–Trinajstić information content (AvgIpc) is 2.18. The number of nitrogens with zero attached hydrogens (tertiary/aromatic N) is 1. The molecule has 0 aliphatic heterocycles. The first-order chi connectivity index (χ1) is 7.07. The van der Waals surface area contributed by atoms with Gasteiger partial charge in [-0.25, -0.2) is 9.37 Å². The van der Waals surface area contributed by atoms with Crippen LogP contribution in [0.3, 0.4) is 0 Å². The van der Waals surface area contributed by atoms with Crippen molar-refractivity contribution in [3.05, 3.63) is 41.5 Å². The van der Waals surface area contributed by atoms with E-state index in [0.717, 1.165) is 6.07 Å². The topological polar surface area (TPSA) is 47.0 Å². The lowest BCUT2D eigenvalue weighted by Gasteiger charge is -2.02. The number of allylic oxidation sites excluding steroid dienone is 2. The number of carbonyl (C=O) groups excluding carboxylic acids is 2. The molecule has 1 heterocycles. The van der Waals surface area contributed by atoms with E-state index in [0.29, 0.717) is 0 Å². The largest absolute Gasteiger partial charge is 0.294 e. The third kappa shape index (κ3) is 2.34. The zero-order valence-electron chi connectivity index (χ0n) is 8.45. The van der Waals surface area contributed by atoms with Gasteiger partial charge in [0, 0.05) is 6.20 Å². The summed E-state index contributed by atoms with van der Waals surface area (Å²) in [6.07, 6.45) is 2.67. The Hall–Kier alpha value is -1.84. The van der Waals surface area contributed by atoms with Crippen molar-refractivity contribution in [2.45, 2.75) is 13.8 Å². The SMILES string of the molecule is C/C=C(\C(C)=O)C(=O)c1ncccc1F. The van der Waals surface area contributed by atoms with Crippen molar-refractivity contribution in [1.29, 1.82) is 0 Å². The Labute approximate surface area is 86.6 Å². The lowest BCUT2D eigenvalue weighted by atomic mass is 10.0. The van der Waals surface area contributed by atoms with Gasteiger partial charge < -0.3 is 0 Å². The zero-order valence-corrected chi connectivity index (χ0v) is 8.45. The van der Waals surface area contributed by atoms with Gasteiger partial charge in [-0.15, -0.1) is 0 Å². The highest BCUT2D eigenvalue weighted by Crippen LogP contribution is 2.10. The zero-order chi connectivity index (χ0) is 11.4. The van der Waals surface area contributed by atoms with E-state index in [1.165, 1.54) is 25.3 Å². The van der Waals surface area contributed by atoms with Gasteiger partial charge in [-0.3, -0.25) is 9.59 Å². The van der Waals surface area contributed by atoms with Gasteiger partial charge in [0.15, 0.2) is 11.6 Å². The van der Waals surface area contributed by atoms with Gasteiger partial charge in [0.2, 0.25) is 5.78 Å². The highest BCUT2D eigenvalue weighted by Gasteiger charge is 2.19. The fourth-order valence-electron chi connectivity index (χ4n) is 1.17. The van der Waals surface area contributed by atoms with E-state index in [1.807, 2.05) is 0 Å². The molecule has 0 unspecified atom stereocenters. The minimum Gasteiger partial charge on any atom is -0.294 e. The first-order valence-corrected chi connectivity index (χ1v) is 4.40. The van der Waals surface area contributed by atoms with E-state index in [1.54, 1.807) is 6.92 Å². The average molecular weight is 207 g/mol. The van der Waals surface area contributed by atoms with E-state index in [-0.39, 0.29) is 11.3 Å². The van der Waals surface area contributed by atoms with Gasteiger partial charge in [0.25, 0.3) is 0 Å². The second-order valence-corrected chi connectivity index (χ2v) is 2.92. The van der Waals surface area contributed by atoms with E-state index in [4.69, 9.17) is 0 Å². The number of rotatable bonds is 3. The highest BCUT2D eigenvalue weighted by atomic mass is 19.1. The summed E-state index contributed by atoms with van der Waals surface area (Å²) in [5.41, 5.74) is -0.367. The molecule has 0 atom stereocenters. The van der Waals surface area contributed by atoms with Crippen LogP contribution >= 0.6 is 0 Å². The maximum atomic E-state index is 13.2. The normalized spacial score (nSPS) is 11.3. The Balaban J connectivity index is 3.16. The second kappa shape index (κ2) is 4.59. The minimum atomic E-state index is -0.719. The summed E-state index contributed by atoms with van der Waals surface area (Å²) >= 11 is 0. The highest BCUT2D eigenvalue weighted by molar-refractivity contribution is 6.25. The molecule has 0 saturated carbocycles. The first kappa shape index (κ1) is 11.2. The third-order valence-corrected chi connectivity index (χ3v) is 1.89. The fourth-order valence-corrected chi connectivity index (χ4v) is 1.17. The predicted molar refractivity (Wildman–Crippen MR) is 53.0 cm³/mol. The van der Waals surface area contributed by atoms with Crippen molar-refractivity contribution in [1.82, 2.24) is 4.98 Å². The Morgan fingerprint density at radius 1 is 1.47 bits per heavy atom. The molecule has 3 nitrogen and oxygen atoms in total. The molecule has 15 heavy (non-hydrogen) atoms. The molecule has 0 radical (unpaired) electrons. The molecule has 4 heteroatoms. The van der Waals surface area contributed by atoms with Crippen LogP contribution in [-0.2, 0) is 4.79 Å². The van der Waals surface area contributed by atoms with Crippen LogP contribution in [-0.4, -0.2) is 16.6 Å². The van der Waals surface area contributed by atoms with Crippen LogP contribution in [0.5, 0.6) is 0 Å². The fraction of sp³-hybridized carbons (Fsp3) is 0.182. The van der Waals surface area contributed by atoms with Crippen molar-refractivity contribution >= 4 is 11.6 Å². The molecule has 0 bridgehead atoms. The van der Waals surface area contributed by atoms with Crippen molar-refractivity contribution in [2.75, 3.05) is 0 Å². The van der Waals surface area contributed by atoms with Crippen LogP contribution in [0.25, 0.3) is 0 Å². The van der Waals surface area contributed by atoms with Crippen molar-refractivity contribution in [2.24, 2.45) is 0 Å². The summed E-state index contributed by atoms with van der Waals surface area (Å²) in [6, 6.07) is 2.52. The third-order valence-electron chi connectivity index (χ3n) is 1.89. The Morgan fingerprint density at radius 3 is 2.60 bits per heavy atom. The minimum absolute atomic E-state index is 0.0485. The van der Waals surface area contributed by atoms with E-state index >= 15 is 0 Å². The lowest BCUT2D eigenvalue weighted by molar-refractivity contribution is -0.113. The van der Waals surface area contributed by atoms with Crippen molar-refractivity contribution < 1.29 is 14.0 Å². The summed E-state index contributed by atoms with van der Waals surface area (Å²) in [7, 11) is 0. The van der Waals surface area contributed by atoms with E-state index < -0.39 is 17.4 Å². The monoisotopic (exact) mass is 207 g/mol. The quantitative estimate of drug-likeness (QED) is 0.329. The number of pyridine rings is 1. The summed E-state index contributed by atoms with van der Waals surface area (Å²) in [5.74, 6) is -1.79. The molecular formula is C11H10FNO2. The van der Waals surface area contributed by atoms with Gasteiger partial charge in [0.05, 0.1) is 5.57 Å². The van der Waals surface area contributed by atoms with Crippen LogP contribution in [0.2, 0.25) is 0 Å². The smallest absolute Gasteiger partial charge is 0.217 e. The maximum absolute atomic E-state index is 13.2. The van der Waals surface area contributed by atoms with Crippen molar-refractivity contribution in [3.8, 4) is 0 Å². The van der Waals surface area contributed by atoms with Crippen LogP contribution in [0.4, 0.5) is 4.39 Å². The molecule has 1 aromatic rings. The molecule has 0 amide bonds. The molecule has 0 saturated heterocycles. The summed E-state index contributed by atoms with van der Waals surface area (Å²) in [5, 5.41) is 0. The van der Waals surface area contributed by atoms with E-state index in [9.17, 15) is 14.0 Å². The van der Waals surface area contributed by atoms with Gasteiger partial charge >= 0.3 is 0 Å². The lowest BCUT2D eigenvalue weighted by Crippen LogP contribution is -2.13. The summed E-state index contributed by atoms with van der Waals surface area (Å²) in [4.78, 5) is 26.3. The van der Waals surface area contributed by atoms with Crippen LogP contribution in [0.15, 0.2) is 30.0 Å². The van der Waals surface area contributed by atoms with Crippen LogP contribution in [0, 0.1) is 5.82 Å². The Kier molecular flexibility index (Phi) is 3.44. The first-order valence-electron chi connectivity index (χ1n) is 4.40. The Bertz CT molecular complexity index is 438. The number of halogens is 1. The van der Waals surface area contributed by atoms with Crippen LogP contribution < -0.4 is 0 Å². The van der Waals surface area contributed by atoms with Crippen molar-refractivity contribution in [3.63, 3.8) is 0 Å². The molecule has 0 N–H and O–H groups in total. The van der Waals surface area contributed by atoms with E-state index in [2.05, 4.69) is 4.98 Å².